The topological polar surface area (TPSA) is 0 Å². The van der Waals surface area contributed by atoms with Crippen LogP contribution in [-0.4, -0.2) is 0 Å². The summed E-state index contributed by atoms with van der Waals surface area (Å²) in [7, 11) is -0.493. The lowest BCUT2D eigenvalue weighted by Gasteiger charge is -2.27. The molecule has 4 rings (SSSR count). The standard InChI is InChI=1S/C24H20P/c1-19(23-18-10-12-20-11-8-9-17-24(20)23)25(21-13-4-2-5-14-21)22-15-6-3-7-16-22/h2-17,19H,1H3/t19-/m0/s1. The van der Waals surface area contributed by atoms with Crippen LogP contribution < -0.4 is 10.6 Å². The number of rotatable bonds is 4. The molecule has 0 heterocycles. The average molecular weight is 339 g/mol. The summed E-state index contributed by atoms with van der Waals surface area (Å²) in [6.07, 6.45) is 0. The molecule has 0 amide bonds. The van der Waals surface area contributed by atoms with E-state index < -0.39 is 7.92 Å². The summed E-state index contributed by atoms with van der Waals surface area (Å²) in [4.78, 5) is 0. The monoisotopic (exact) mass is 339 g/mol. The van der Waals surface area contributed by atoms with Gasteiger partial charge in [-0.2, -0.15) is 0 Å². The van der Waals surface area contributed by atoms with Gasteiger partial charge in [-0.05, 0) is 40.9 Å². The molecule has 1 heteroatoms. The van der Waals surface area contributed by atoms with Crippen molar-refractivity contribution in [2.75, 3.05) is 0 Å². The highest BCUT2D eigenvalue weighted by Gasteiger charge is 2.23. The predicted octanol–water partition coefficient (Wildman–Crippen LogP) is 5.83. The van der Waals surface area contributed by atoms with Crippen molar-refractivity contribution in [3.63, 3.8) is 0 Å². The summed E-state index contributed by atoms with van der Waals surface area (Å²) in [6.45, 7) is 2.35. The molecule has 0 aromatic heterocycles. The first-order chi connectivity index (χ1) is 12.3. The lowest BCUT2D eigenvalue weighted by molar-refractivity contribution is 1.10. The predicted molar refractivity (Wildman–Crippen MR) is 110 cm³/mol. The third kappa shape index (κ3) is 3.23. The van der Waals surface area contributed by atoms with Crippen LogP contribution in [0.3, 0.4) is 0 Å². The van der Waals surface area contributed by atoms with E-state index in [1.807, 2.05) is 0 Å². The van der Waals surface area contributed by atoms with Crippen LogP contribution in [0.15, 0.2) is 97.1 Å². The second-order valence-electron chi connectivity index (χ2n) is 6.20. The second-order valence-corrected chi connectivity index (χ2v) is 8.74. The maximum absolute atomic E-state index is 3.55. The molecule has 0 bridgehead atoms. The highest BCUT2D eigenvalue weighted by Crippen LogP contribution is 2.50. The van der Waals surface area contributed by atoms with Crippen molar-refractivity contribution < 1.29 is 0 Å². The van der Waals surface area contributed by atoms with Crippen molar-refractivity contribution in [1.82, 2.24) is 0 Å². The first-order valence-electron chi connectivity index (χ1n) is 8.63. The van der Waals surface area contributed by atoms with Gasteiger partial charge in [0.05, 0.1) is 0 Å². The Morgan fingerprint density at radius 3 is 1.88 bits per heavy atom. The molecule has 0 N–H and O–H groups in total. The highest BCUT2D eigenvalue weighted by molar-refractivity contribution is 7.73. The van der Waals surface area contributed by atoms with Crippen LogP contribution in [-0.2, 0) is 0 Å². The molecule has 0 saturated carbocycles. The van der Waals surface area contributed by atoms with Gasteiger partial charge in [0, 0.05) is 5.66 Å². The minimum Gasteiger partial charge on any atom is -0.0622 e. The van der Waals surface area contributed by atoms with E-state index in [0.717, 1.165) is 0 Å². The van der Waals surface area contributed by atoms with E-state index in [9.17, 15) is 0 Å². The van der Waals surface area contributed by atoms with Gasteiger partial charge < -0.3 is 0 Å². The molecule has 4 aromatic carbocycles. The Bertz CT molecular complexity index is 916. The van der Waals surface area contributed by atoms with Crippen molar-refractivity contribution in [1.29, 1.82) is 0 Å². The molecule has 4 aromatic rings. The van der Waals surface area contributed by atoms with E-state index in [1.165, 1.54) is 26.9 Å². The van der Waals surface area contributed by atoms with Crippen LogP contribution in [0.1, 0.15) is 18.1 Å². The molecule has 1 radical (unpaired) electrons. The quantitative estimate of drug-likeness (QED) is 0.410. The van der Waals surface area contributed by atoms with Gasteiger partial charge in [0.2, 0.25) is 0 Å². The summed E-state index contributed by atoms with van der Waals surface area (Å²) in [6, 6.07) is 38.2. The molecule has 0 saturated heterocycles. The van der Waals surface area contributed by atoms with Gasteiger partial charge in [0.25, 0.3) is 0 Å². The zero-order valence-corrected chi connectivity index (χ0v) is 15.2. The molecule has 0 unspecified atom stereocenters. The largest absolute Gasteiger partial charge is 0.0622 e. The van der Waals surface area contributed by atoms with E-state index in [2.05, 4.69) is 110 Å². The number of fused-ring (bicyclic) bond motifs is 1. The summed E-state index contributed by atoms with van der Waals surface area (Å²) < 4.78 is 0. The van der Waals surface area contributed by atoms with Crippen LogP contribution >= 0.6 is 7.92 Å². The minimum atomic E-state index is -0.493. The summed E-state index contributed by atoms with van der Waals surface area (Å²) in [5.41, 5.74) is 1.71. The zero-order chi connectivity index (χ0) is 17.1. The fraction of sp³-hybridized carbons (Fsp3) is 0.0833. The zero-order valence-electron chi connectivity index (χ0n) is 14.3. The van der Waals surface area contributed by atoms with Crippen LogP contribution in [0.5, 0.6) is 0 Å². The van der Waals surface area contributed by atoms with Gasteiger partial charge in [-0.25, -0.2) is 0 Å². The first-order valence-corrected chi connectivity index (χ1v) is 10.0. The molecule has 121 valence electrons. The summed E-state index contributed by atoms with van der Waals surface area (Å²) in [5, 5.41) is 5.44. The normalized spacial score (nSPS) is 12.4. The highest BCUT2D eigenvalue weighted by atomic mass is 31.1. The Kier molecular flexibility index (Phi) is 4.63. The van der Waals surface area contributed by atoms with E-state index in [-0.39, 0.29) is 0 Å². The molecule has 1 atom stereocenters. The molecule has 0 aliphatic carbocycles. The second kappa shape index (κ2) is 7.21. The molecular weight excluding hydrogens is 319 g/mol. The van der Waals surface area contributed by atoms with Crippen molar-refractivity contribution in [3.05, 3.63) is 109 Å². The van der Waals surface area contributed by atoms with E-state index in [1.54, 1.807) is 0 Å². The van der Waals surface area contributed by atoms with Gasteiger partial charge in [-0.1, -0.05) is 104 Å². The summed E-state index contributed by atoms with van der Waals surface area (Å²) in [5.74, 6) is 0. The summed E-state index contributed by atoms with van der Waals surface area (Å²) >= 11 is 0. The van der Waals surface area contributed by atoms with Gasteiger partial charge in [-0.3, -0.25) is 0 Å². The number of hydrogen-bond donors (Lipinski definition) is 0. The Morgan fingerprint density at radius 2 is 1.24 bits per heavy atom. The Labute approximate surface area is 150 Å². The van der Waals surface area contributed by atoms with Crippen LogP contribution in [0.2, 0.25) is 0 Å². The molecular formula is C24H20P. The average Bonchev–Trinajstić information content (AvgIpc) is 2.69. The van der Waals surface area contributed by atoms with Crippen LogP contribution in [0.25, 0.3) is 10.8 Å². The minimum absolute atomic E-state index is 0.394. The molecule has 0 nitrogen and oxygen atoms in total. The van der Waals surface area contributed by atoms with Gasteiger partial charge in [0.15, 0.2) is 0 Å². The fourth-order valence-corrected chi connectivity index (χ4v) is 6.09. The lowest BCUT2D eigenvalue weighted by Crippen LogP contribution is -2.15. The molecule has 25 heavy (non-hydrogen) atoms. The molecule has 0 aliphatic heterocycles. The van der Waals surface area contributed by atoms with Gasteiger partial charge in [-0.15, -0.1) is 0 Å². The Morgan fingerprint density at radius 1 is 0.680 bits per heavy atom. The van der Waals surface area contributed by atoms with Gasteiger partial charge in [0.1, 0.15) is 0 Å². The number of benzene rings is 4. The maximum Gasteiger partial charge on any atom is 0.0106 e. The fourth-order valence-electron chi connectivity index (χ4n) is 3.43. The van der Waals surface area contributed by atoms with Crippen LogP contribution in [0.4, 0.5) is 0 Å². The van der Waals surface area contributed by atoms with Crippen molar-refractivity contribution in [3.8, 4) is 0 Å². The third-order valence-corrected chi connectivity index (χ3v) is 7.37. The molecule has 0 fully saturated rings. The van der Waals surface area contributed by atoms with E-state index >= 15 is 0 Å². The maximum atomic E-state index is 3.55. The van der Waals surface area contributed by atoms with Crippen molar-refractivity contribution >= 4 is 29.3 Å². The van der Waals surface area contributed by atoms with E-state index in [4.69, 9.17) is 0 Å². The SMILES string of the molecule is C[C@@H](c1[c]ccc2ccccc12)P(c1ccccc1)c1ccccc1. The molecule has 0 spiro atoms. The third-order valence-electron chi connectivity index (χ3n) is 4.63. The van der Waals surface area contributed by atoms with Gasteiger partial charge >= 0.3 is 0 Å². The van der Waals surface area contributed by atoms with Crippen molar-refractivity contribution in [2.24, 2.45) is 0 Å². The number of hydrogen-bond acceptors (Lipinski definition) is 0. The Hall–Kier alpha value is -2.43. The lowest BCUT2D eigenvalue weighted by atomic mass is 10.0. The first kappa shape index (κ1) is 16.1. The van der Waals surface area contributed by atoms with Crippen molar-refractivity contribution in [2.45, 2.75) is 12.6 Å². The smallest absolute Gasteiger partial charge is 0.0106 e. The van der Waals surface area contributed by atoms with E-state index in [0.29, 0.717) is 5.66 Å². The molecule has 0 aliphatic rings. The Balaban J connectivity index is 1.87. The van der Waals surface area contributed by atoms with Crippen LogP contribution in [0, 0.1) is 6.07 Å².